The first-order valence-electron chi connectivity index (χ1n) is 8.78. The van der Waals surface area contributed by atoms with Crippen LogP contribution in [0.2, 0.25) is 0 Å². The number of sulfonamides is 1. The fourth-order valence-corrected chi connectivity index (χ4v) is 3.97. The summed E-state index contributed by atoms with van der Waals surface area (Å²) in [6, 6.07) is 21.0. The first kappa shape index (κ1) is 20.6. The highest BCUT2D eigenvalue weighted by Crippen LogP contribution is 2.21. The molecule has 0 spiro atoms. The van der Waals surface area contributed by atoms with Gasteiger partial charge in [-0.15, -0.1) is 0 Å². The third-order valence-electron chi connectivity index (χ3n) is 4.14. The lowest BCUT2D eigenvalue weighted by atomic mass is 10.2. The Morgan fingerprint density at radius 3 is 2.28 bits per heavy atom. The van der Waals surface area contributed by atoms with Crippen molar-refractivity contribution < 1.29 is 13.2 Å². The van der Waals surface area contributed by atoms with E-state index in [0.29, 0.717) is 22.2 Å². The zero-order chi connectivity index (χ0) is 20.9. The van der Waals surface area contributed by atoms with Crippen molar-refractivity contribution in [1.29, 1.82) is 0 Å². The largest absolute Gasteiger partial charge is 0.497 e. The minimum absolute atomic E-state index is 0.165. The second-order valence-electron chi connectivity index (χ2n) is 6.26. The van der Waals surface area contributed by atoms with Crippen molar-refractivity contribution >= 4 is 44.4 Å². The number of nitrogens with one attached hydrogen (secondary N) is 3. The molecule has 8 heteroatoms. The van der Waals surface area contributed by atoms with Crippen LogP contribution in [0.25, 0.3) is 0 Å². The van der Waals surface area contributed by atoms with E-state index in [2.05, 4.69) is 15.4 Å². The maximum Gasteiger partial charge on any atom is 0.261 e. The van der Waals surface area contributed by atoms with Crippen molar-refractivity contribution in [1.82, 2.24) is 0 Å². The maximum atomic E-state index is 12.6. The van der Waals surface area contributed by atoms with E-state index < -0.39 is 10.0 Å². The van der Waals surface area contributed by atoms with Gasteiger partial charge in [0.2, 0.25) is 0 Å². The molecule has 0 saturated carbocycles. The number of para-hydroxylation sites is 1. The van der Waals surface area contributed by atoms with E-state index in [1.54, 1.807) is 31.4 Å². The number of anilines is 3. The number of hydrogen-bond donors (Lipinski definition) is 3. The van der Waals surface area contributed by atoms with E-state index in [1.165, 1.54) is 12.1 Å². The minimum atomic E-state index is -3.68. The Kier molecular flexibility index (Phi) is 6.36. The Morgan fingerprint density at radius 1 is 0.897 bits per heavy atom. The second-order valence-corrected chi connectivity index (χ2v) is 8.35. The normalized spacial score (nSPS) is 10.8. The molecule has 0 bridgehead atoms. The lowest BCUT2D eigenvalue weighted by Crippen LogP contribution is -2.19. The zero-order valence-electron chi connectivity index (χ0n) is 16.0. The summed E-state index contributed by atoms with van der Waals surface area (Å²) in [6.07, 6.45) is 0. The predicted octanol–water partition coefficient (Wildman–Crippen LogP) is 4.61. The Morgan fingerprint density at radius 2 is 1.59 bits per heavy atom. The van der Waals surface area contributed by atoms with E-state index in [1.807, 2.05) is 43.3 Å². The number of ether oxygens (including phenoxy) is 1. The van der Waals surface area contributed by atoms with Crippen molar-refractivity contribution in [2.75, 3.05) is 22.5 Å². The third kappa shape index (κ3) is 5.46. The predicted molar refractivity (Wildman–Crippen MR) is 121 cm³/mol. The number of benzene rings is 3. The molecule has 3 aromatic carbocycles. The molecule has 150 valence electrons. The molecule has 0 heterocycles. The molecule has 0 radical (unpaired) electrons. The van der Waals surface area contributed by atoms with Gasteiger partial charge in [0.05, 0.1) is 17.7 Å². The molecule has 3 aromatic rings. The standard InChI is InChI=1S/C21H21N3O3S2/c1-15-6-3-4-9-20(15)24-29(25,26)19-12-10-16(11-13-19)22-21(28)23-17-7-5-8-18(14-17)27-2/h3-14,24H,1-2H3,(H2,22,23,28). The lowest BCUT2D eigenvalue weighted by Gasteiger charge is -2.13. The molecule has 0 atom stereocenters. The van der Waals surface area contributed by atoms with E-state index in [-0.39, 0.29) is 4.90 Å². The summed E-state index contributed by atoms with van der Waals surface area (Å²) < 4.78 is 33.0. The van der Waals surface area contributed by atoms with Crippen LogP contribution >= 0.6 is 12.2 Å². The molecule has 0 aliphatic heterocycles. The van der Waals surface area contributed by atoms with Gasteiger partial charge in [0.15, 0.2) is 5.11 Å². The molecule has 0 aliphatic carbocycles. The highest BCUT2D eigenvalue weighted by molar-refractivity contribution is 7.92. The average Bonchev–Trinajstić information content (AvgIpc) is 2.70. The molecule has 0 aromatic heterocycles. The van der Waals surface area contributed by atoms with Crippen molar-refractivity contribution in [3.63, 3.8) is 0 Å². The van der Waals surface area contributed by atoms with Gasteiger partial charge >= 0.3 is 0 Å². The van der Waals surface area contributed by atoms with Crippen LogP contribution in [0.4, 0.5) is 17.1 Å². The smallest absolute Gasteiger partial charge is 0.261 e. The van der Waals surface area contributed by atoms with Gasteiger partial charge in [-0.05, 0) is 67.2 Å². The Labute approximate surface area is 176 Å². The Hall–Kier alpha value is -3.10. The number of rotatable bonds is 6. The van der Waals surface area contributed by atoms with Gasteiger partial charge in [-0.1, -0.05) is 24.3 Å². The van der Waals surface area contributed by atoms with Crippen LogP contribution in [-0.4, -0.2) is 20.6 Å². The van der Waals surface area contributed by atoms with Crippen LogP contribution in [0.1, 0.15) is 5.56 Å². The molecule has 3 N–H and O–H groups in total. The second kappa shape index (κ2) is 8.93. The fraction of sp³-hybridized carbons (Fsp3) is 0.0952. The highest BCUT2D eigenvalue weighted by Gasteiger charge is 2.15. The summed E-state index contributed by atoms with van der Waals surface area (Å²) >= 11 is 5.31. The van der Waals surface area contributed by atoms with Crippen LogP contribution < -0.4 is 20.1 Å². The van der Waals surface area contributed by atoms with Gasteiger partial charge in [-0.25, -0.2) is 8.42 Å². The van der Waals surface area contributed by atoms with Gasteiger partial charge in [0.25, 0.3) is 10.0 Å². The number of methoxy groups -OCH3 is 1. The molecule has 0 amide bonds. The highest BCUT2D eigenvalue weighted by atomic mass is 32.2. The molecular weight excluding hydrogens is 406 g/mol. The zero-order valence-corrected chi connectivity index (χ0v) is 17.6. The third-order valence-corrected chi connectivity index (χ3v) is 5.73. The molecule has 6 nitrogen and oxygen atoms in total. The van der Waals surface area contributed by atoms with Gasteiger partial charge in [-0.2, -0.15) is 0 Å². The van der Waals surface area contributed by atoms with E-state index in [4.69, 9.17) is 17.0 Å². The van der Waals surface area contributed by atoms with Crippen LogP contribution in [0.15, 0.2) is 77.7 Å². The summed E-state index contributed by atoms with van der Waals surface area (Å²) in [6.45, 7) is 1.85. The first-order chi connectivity index (χ1) is 13.9. The van der Waals surface area contributed by atoms with Crippen LogP contribution in [0.3, 0.4) is 0 Å². The molecule has 0 unspecified atom stereocenters. The van der Waals surface area contributed by atoms with E-state index >= 15 is 0 Å². The maximum absolute atomic E-state index is 12.6. The van der Waals surface area contributed by atoms with Crippen LogP contribution in [0, 0.1) is 6.92 Å². The summed E-state index contributed by atoms with van der Waals surface area (Å²) in [5.74, 6) is 0.716. The summed E-state index contributed by atoms with van der Waals surface area (Å²) in [7, 11) is -2.08. The van der Waals surface area contributed by atoms with Crippen LogP contribution in [-0.2, 0) is 10.0 Å². The van der Waals surface area contributed by atoms with Gasteiger partial charge in [0, 0.05) is 17.4 Å². The van der Waals surface area contributed by atoms with Crippen molar-refractivity contribution in [3.05, 3.63) is 78.4 Å². The molecule has 29 heavy (non-hydrogen) atoms. The minimum Gasteiger partial charge on any atom is -0.497 e. The van der Waals surface area contributed by atoms with E-state index in [9.17, 15) is 8.42 Å². The number of aryl methyl sites for hydroxylation is 1. The molecule has 0 saturated heterocycles. The number of hydrogen-bond acceptors (Lipinski definition) is 4. The molecule has 3 rings (SSSR count). The van der Waals surface area contributed by atoms with Crippen molar-refractivity contribution in [3.8, 4) is 5.75 Å². The summed E-state index contributed by atoms with van der Waals surface area (Å²) in [5.41, 5.74) is 2.85. The van der Waals surface area contributed by atoms with Crippen molar-refractivity contribution in [2.45, 2.75) is 11.8 Å². The molecule has 0 fully saturated rings. The fourth-order valence-electron chi connectivity index (χ4n) is 2.60. The summed E-state index contributed by atoms with van der Waals surface area (Å²) in [4.78, 5) is 0.165. The van der Waals surface area contributed by atoms with Gasteiger partial charge < -0.3 is 15.4 Å². The SMILES string of the molecule is COc1cccc(NC(=S)Nc2ccc(S(=O)(=O)Nc3ccccc3C)cc2)c1. The summed E-state index contributed by atoms with van der Waals surface area (Å²) in [5, 5.41) is 6.47. The van der Waals surface area contributed by atoms with Gasteiger partial charge in [0.1, 0.15) is 5.75 Å². The monoisotopic (exact) mass is 427 g/mol. The topological polar surface area (TPSA) is 79.5 Å². The van der Waals surface area contributed by atoms with Crippen LogP contribution in [0.5, 0.6) is 5.75 Å². The molecular formula is C21H21N3O3S2. The Bertz CT molecular complexity index is 1110. The lowest BCUT2D eigenvalue weighted by molar-refractivity contribution is 0.415. The Balaban J connectivity index is 1.66. The number of thiocarbonyl (C=S) groups is 1. The molecule has 0 aliphatic rings. The van der Waals surface area contributed by atoms with E-state index in [0.717, 1.165) is 11.3 Å². The van der Waals surface area contributed by atoms with Gasteiger partial charge in [-0.3, -0.25) is 4.72 Å². The van der Waals surface area contributed by atoms with Crippen molar-refractivity contribution in [2.24, 2.45) is 0 Å². The quantitative estimate of drug-likeness (QED) is 0.499. The average molecular weight is 428 g/mol. The first-order valence-corrected chi connectivity index (χ1v) is 10.7.